The number of likely N-dealkylation sites (tertiary alicyclic amines) is 1. The van der Waals surface area contributed by atoms with Crippen molar-refractivity contribution in [2.24, 2.45) is 5.92 Å². The number of hydrogen-bond donors (Lipinski definition) is 1. The molecule has 1 saturated heterocycles. The minimum absolute atomic E-state index is 0.145. The van der Waals surface area contributed by atoms with E-state index in [2.05, 4.69) is 12.2 Å². The average Bonchev–Trinajstić information content (AvgIpc) is 2.76. The monoisotopic (exact) mass is 390 g/mol. The highest BCUT2D eigenvalue weighted by molar-refractivity contribution is 6.28. The number of benzene rings is 2. The number of unbranched alkanes of at least 4 members (excludes halogenated alkanes) is 1. The van der Waals surface area contributed by atoms with E-state index in [0.717, 1.165) is 25.9 Å². The molecule has 1 aliphatic heterocycles. The molecule has 4 rings (SSSR count). The van der Waals surface area contributed by atoms with Crippen molar-refractivity contribution in [3.63, 3.8) is 0 Å². The molecular weight excluding hydrogens is 364 g/mol. The summed E-state index contributed by atoms with van der Waals surface area (Å²) in [6.07, 6.45) is 5.80. The van der Waals surface area contributed by atoms with Gasteiger partial charge in [-0.2, -0.15) is 0 Å². The number of urea groups is 1. The van der Waals surface area contributed by atoms with E-state index < -0.39 is 0 Å². The molecule has 0 aromatic heterocycles. The van der Waals surface area contributed by atoms with Gasteiger partial charge in [0.05, 0.1) is 0 Å². The van der Waals surface area contributed by atoms with Crippen LogP contribution in [0.25, 0.3) is 0 Å². The zero-order valence-corrected chi connectivity index (χ0v) is 16.7. The average molecular weight is 390 g/mol. The Hall–Kier alpha value is -2.95. The summed E-state index contributed by atoms with van der Waals surface area (Å²) in [5, 5.41) is 2.90. The molecule has 1 N–H and O–H groups in total. The number of anilines is 1. The number of ketones is 2. The number of amides is 2. The minimum atomic E-state index is -0.178. The van der Waals surface area contributed by atoms with E-state index in [-0.39, 0.29) is 17.6 Å². The van der Waals surface area contributed by atoms with Crippen LogP contribution in [0, 0.1) is 5.92 Å². The third-order valence-electron chi connectivity index (χ3n) is 6.04. The highest BCUT2D eigenvalue weighted by Gasteiger charge is 2.30. The summed E-state index contributed by atoms with van der Waals surface area (Å²) < 4.78 is 0. The van der Waals surface area contributed by atoms with Crippen molar-refractivity contribution in [1.82, 2.24) is 4.90 Å². The van der Waals surface area contributed by atoms with Crippen LogP contribution in [-0.2, 0) is 0 Å². The summed E-state index contributed by atoms with van der Waals surface area (Å²) in [4.78, 5) is 40.0. The molecule has 2 aliphatic rings. The number of carbonyl (C=O) groups is 3. The number of nitrogens with zero attached hydrogens (tertiary/aromatic N) is 1. The molecule has 2 amide bonds. The molecule has 0 radical (unpaired) electrons. The molecule has 29 heavy (non-hydrogen) atoms. The Labute approximate surface area is 171 Å². The van der Waals surface area contributed by atoms with Crippen LogP contribution >= 0.6 is 0 Å². The maximum atomic E-state index is 12.8. The second kappa shape index (κ2) is 8.19. The molecule has 0 atom stereocenters. The lowest BCUT2D eigenvalue weighted by Gasteiger charge is -2.32. The highest BCUT2D eigenvalue weighted by Crippen LogP contribution is 2.29. The predicted molar refractivity (Wildman–Crippen MR) is 113 cm³/mol. The van der Waals surface area contributed by atoms with E-state index in [1.807, 2.05) is 4.90 Å². The molecule has 1 heterocycles. The highest BCUT2D eigenvalue weighted by atomic mass is 16.2. The van der Waals surface area contributed by atoms with Crippen LogP contribution in [0.2, 0.25) is 0 Å². The van der Waals surface area contributed by atoms with Gasteiger partial charge in [0.1, 0.15) is 0 Å². The van der Waals surface area contributed by atoms with E-state index in [0.29, 0.717) is 33.9 Å². The number of hydrogen-bond acceptors (Lipinski definition) is 3. The van der Waals surface area contributed by atoms with Crippen LogP contribution < -0.4 is 5.32 Å². The second-order valence-corrected chi connectivity index (χ2v) is 7.97. The Morgan fingerprint density at radius 1 is 0.966 bits per heavy atom. The van der Waals surface area contributed by atoms with Gasteiger partial charge in [-0.3, -0.25) is 9.59 Å². The molecule has 150 valence electrons. The van der Waals surface area contributed by atoms with Crippen molar-refractivity contribution in [3.05, 3.63) is 64.7 Å². The minimum Gasteiger partial charge on any atom is -0.325 e. The van der Waals surface area contributed by atoms with Gasteiger partial charge in [-0.1, -0.05) is 50.5 Å². The van der Waals surface area contributed by atoms with Crippen LogP contribution in [0.4, 0.5) is 10.5 Å². The Morgan fingerprint density at radius 3 is 2.24 bits per heavy atom. The van der Waals surface area contributed by atoms with Crippen LogP contribution in [0.3, 0.4) is 0 Å². The quantitative estimate of drug-likeness (QED) is 0.689. The molecule has 1 fully saturated rings. The van der Waals surface area contributed by atoms with Crippen molar-refractivity contribution in [2.75, 3.05) is 18.4 Å². The SMILES string of the molecule is CCCCC1CCN(C(=O)Nc2ccc3c(c2)C(=O)c2ccccc2C3=O)CC1. The molecule has 2 aromatic rings. The summed E-state index contributed by atoms with van der Waals surface area (Å²) in [6.45, 7) is 3.73. The number of nitrogens with one attached hydrogen (secondary N) is 1. The van der Waals surface area contributed by atoms with E-state index in [1.54, 1.807) is 42.5 Å². The smallest absolute Gasteiger partial charge is 0.321 e. The Kier molecular flexibility index (Phi) is 5.47. The van der Waals surface area contributed by atoms with Crippen molar-refractivity contribution in [1.29, 1.82) is 0 Å². The van der Waals surface area contributed by atoms with Crippen LogP contribution in [-0.4, -0.2) is 35.6 Å². The Morgan fingerprint density at radius 2 is 1.59 bits per heavy atom. The number of piperidine rings is 1. The van der Waals surface area contributed by atoms with E-state index in [1.165, 1.54) is 19.3 Å². The van der Waals surface area contributed by atoms with Crippen LogP contribution in [0.5, 0.6) is 0 Å². The lowest BCUT2D eigenvalue weighted by atomic mass is 9.84. The van der Waals surface area contributed by atoms with Gasteiger partial charge in [-0.15, -0.1) is 0 Å². The summed E-state index contributed by atoms with van der Waals surface area (Å²) in [6, 6.07) is 11.7. The van der Waals surface area contributed by atoms with Gasteiger partial charge in [0, 0.05) is 41.0 Å². The fourth-order valence-electron chi connectivity index (χ4n) is 4.30. The predicted octanol–water partition coefficient (Wildman–Crippen LogP) is 4.90. The van der Waals surface area contributed by atoms with E-state index >= 15 is 0 Å². The normalized spacial score (nSPS) is 16.4. The van der Waals surface area contributed by atoms with Crippen LogP contribution in [0.15, 0.2) is 42.5 Å². The van der Waals surface area contributed by atoms with Crippen molar-refractivity contribution < 1.29 is 14.4 Å². The molecule has 5 heteroatoms. The maximum Gasteiger partial charge on any atom is 0.321 e. The number of fused-ring (bicyclic) bond motifs is 2. The Balaban J connectivity index is 1.45. The van der Waals surface area contributed by atoms with Gasteiger partial charge in [0.25, 0.3) is 0 Å². The van der Waals surface area contributed by atoms with Gasteiger partial charge in [-0.05, 0) is 37.0 Å². The van der Waals surface area contributed by atoms with Gasteiger partial charge in [0.2, 0.25) is 0 Å². The summed E-state index contributed by atoms with van der Waals surface area (Å²) in [7, 11) is 0. The van der Waals surface area contributed by atoms with Crippen molar-refractivity contribution >= 4 is 23.3 Å². The zero-order valence-electron chi connectivity index (χ0n) is 16.7. The van der Waals surface area contributed by atoms with Gasteiger partial charge in [0.15, 0.2) is 11.6 Å². The van der Waals surface area contributed by atoms with E-state index in [9.17, 15) is 14.4 Å². The lowest BCUT2D eigenvalue weighted by molar-refractivity contribution is 0.0979. The molecule has 1 aliphatic carbocycles. The molecule has 0 saturated carbocycles. The standard InChI is InChI=1S/C24H26N2O3/c1-2-3-6-16-11-13-26(14-12-16)24(29)25-17-9-10-20-21(15-17)23(28)19-8-5-4-7-18(19)22(20)27/h4-5,7-10,15-16H,2-3,6,11-14H2,1H3,(H,25,29). The van der Waals surface area contributed by atoms with Gasteiger partial charge < -0.3 is 10.2 Å². The number of rotatable bonds is 4. The van der Waals surface area contributed by atoms with Crippen molar-refractivity contribution in [3.8, 4) is 0 Å². The molecular formula is C24H26N2O3. The summed E-state index contributed by atoms with van der Waals surface area (Å²) >= 11 is 0. The first-order valence-electron chi connectivity index (χ1n) is 10.5. The van der Waals surface area contributed by atoms with Gasteiger partial charge in [-0.25, -0.2) is 4.79 Å². The largest absolute Gasteiger partial charge is 0.325 e. The zero-order chi connectivity index (χ0) is 20.4. The first kappa shape index (κ1) is 19.4. The molecule has 0 spiro atoms. The first-order chi connectivity index (χ1) is 14.1. The summed E-state index contributed by atoms with van der Waals surface area (Å²) in [5.74, 6) is 0.386. The molecule has 2 aromatic carbocycles. The Bertz CT molecular complexity index is 958. The van der Waals surface area contributed by atoms with Gasteiger partial charge >= 0.3 is 6.03 Å². The fourth-order valence-corrected chi connectivity index (χ4v) is 4.30. The molecule has 0 bridgehead atoms. The maximum absolute atomic E-state index is 12.8. The summed E-state index contributed by atoms with van der Waals surface area (Å²) in [5.41, 5.74) is 2.14. The van der Waals surface area contributed by atoms with E-state index in [4.69, 9.17) is 0 Å². The molecule has 5 nitrogen and oxygen atoms in total. The third kappa shape index (κ3) is 3.82. The first-order valence-corrected chi connectivity index (χ1v) is 10.5. The third-order valence-corrected chi connectivity index (χ3v) is 6.04. The molecule has 0 unspecified atom stereocenters. The topological polar surface area (TPSA) is 66.5 Å². The second-order valence-electron chi connectivity index (χ2n) is 7.97. The number of carbonyl (C=O) groups excluding carboxylic acids is 3. The van der Waals surface area contributed by atoms with Crippen LogP contribution in [0.1, 0.15) is 70.9 Å². The lowest BCUT2D eigenvalue weighted by Crippen LogP contribution is -2.41. The van der Waals surface area contributed by atoms with Crippen molar-refractivity contribution in [2.45, 2.75) is 39.0 Å². The fraction of sp³-hybridized carbons (Fsp3) is 0.375.